The first kappa shape index (κ1) is 16.1. The number of nitrogens with one attached hydrogen (secondary N) is 1. The van der Waals surface area contributed by atoms with Gasteiger partial charge in [0.2, 0.25) is 5.91 Å². The number of fused-ring (bicyclic) bond motifs is 1. The average molecular weight is 345 g/mol. The molecule has 2 aromatic rings. The molecule has 0 radical (unpaired) electrons. The van der Waals surface area contributed by atoms with Crippen molar-refractivity contribution in [3.8, 4) is 6.07 Å². The molecule has 0 bridgehead atoms. The van der Waals surface area contributed by atoms with E-state index in [1.54, 1.807) is 0 Å². The summed E-state index contributed by atoms with van der Waals surface area (Å²) < 4.78 is 1.21. The van der Waals surface area contributed by atoms with Crippen molar-refractivity contribution in [1.29, 1.82) is 5.26 Å². The van der Waals surface area contributed by atoms with Gasteiger partial charge in [-0.2, -0.15) is 9.94 Å². The first-order chi connectivity index (χ1) is 11.6. The van der Waals surface area contributed by atoms with Crippen LogP contribution in [-0.2, 0) is 24.2 Å². The molecule has 0 saturated carbocycles. The van der Waals surface area contributed by atoms with Gasteiger partial charge in [-0.15, -0.1) is 11.3 Å². The molecule has 8 nitrogen and oxygen atoms in total. The minimum atomic E-state index is -0.613. The number of carbonyl (C=O) groups excluding carboxylic acids is 1. The summed E-state index contributed by atoms with van der Waals surface area (Å²) in [5.41, 5.74) is 1.61. The Bertz CT molecular complexity index is 833. The van der Waals surface area contributed by atoms with Gasteiger partial charge in [-0.3, -0.25) is 4.79 Å². The van der Waals surface area contributed by atoms with Crippen molar-refractivity contribution in [1.82, 2.24) is 9.78 Å². The number of hydrogen-bond acceptors (Lipinski definition) is 6. The molecule has 9 heteroatoms. The second-order valence-electron chi connectivity index (χ2n) is 5.56. The van der Waals surface area contributed by atoms with E-state index < -0.39 is 4.92 Å². The Kier molecular flexibility index (Phi) is 4.57. The van der Waals surface area contributed by atoms with E-state index in [1.807, 2.05) is 0 Å². The number of carbonyl (C=O) groups is 1. The number of nitro groups is 1. The number of nitrogens with zero attached hydrogens (tertiary/aromatic N) is 4. The Morgan fingerprint density at radius 2 is 2.25 bits per heavy atom. The molecule has 1 amide bonds. The molecule has 0 spiro atoms. The zero-order chi connectivity index (χ0) is 17.1. The van der Waals surface area contributed by atoms with Gasteiger partial charge in [0.05, 0.1) is 22.9 Å². The lowest BCUT2D eigenvalue weighted by Crippen LogP contribution is -2.19. The second-order valence-corrected chi connectivity index (χ2v) is 6.66. The third kappa shape index (κ3) is 3.28. The zero-order valence-corrected chi connectivity index (χ0v) is 13.6. The highest BCUT2D eigenvalue weighted by molar-refractivity contribution is 7.16. The average Bonchev–Trinajstić information content (AvgIpc) is 3.05. The molecule has 0 fully saturated rings. The van der Waals surface area contributed by atoms with Crippen molar-refractivity contribution in [3.63, 3.8) is 0 Å². The highest BCUT2D eigenvalue weighted by atomic mass is 32.1. The molecule has 0 unspecified atom stereocenters. The van der Waals surface area contributed by atoms with Crippen LogP contribution in [0.2, 0.25) is 0 Å². The van der Waals surface area contributed by atoms with Crippen molar-refractivity contribution in [2.24, 2.45) is 0 Å². The lowest BCUT2D eigenvalue weighted by molar-refractivity contribution is -0.389. The van der Waals surface area contributed by atoms with Crippen LogP contribution in [0.4, 0.5) is 10.8 Å². The van der Waals surface area contributed by atoms with Crippen molar-refractivity contribution in [2.75, 3.05) is 5.32 Å². The zero-order valence-electron chi connectivity index (χ0n) is 12.8. The van der Waals surface area contributed by atoms with E-state index in [0.717, 1.165) is 37.7 Å². The van der Waals surface area contributed by atoms with Gasteiger partial charge in [-0.1, -0.05) is 6.42 Å². The number of aryl methyl sites for hydroxylation is 1. The van der Waals surface area contributed by atoms with Gasteiger partial charge < -0.3 is 15.4 Å². The Morgan fingerprint density at radius 3 is 2.96 bits per heavy atom. The highest BCUT2D eigenvalue weighted by Gasteiger charge is 2.21. The fraction of sp³-hybridized carbons (Fsp3) is 0.400. The second kappa shape index (κ2) is 6.80. The lowest BCUT2D eigenvalue weighted by atomic mass is 10.1. The van der Waals surface area contributed by atoms with Gasteiger partial charge in [-0.25, -0.2) is 0 Å². The van der Waals surface area contributed by atoms with Crippen LogP contribution < -0.4 is 5.32 Å². The van der Waals surface area contributed by atoms with E-state index >= 15 is 0 Å². The van der Waals surface area contributed by atoms with E-state index in [9.17, 15) is 20.2 Å². The van der Waals surface area contributed by atoms with Gasteiger partial charge in [-0.05, 0) is 36.2 Å². The SMILES string of the molecule is N#Cc1c(NC(=O)Cn2ccc([N+](=O)[O-])n2)sc2c1CCCCC2. The number of anilines is 1. The molecule has 0 aromatic carbocycles. The number of rotatable bonds is 4. The molecule has 1 aliphatic carbocycles. The minimum absolute atomic E-state index is 0.138. The smallest absolute Gasteiger partial charge is 0.358 e. The molecule has 1 N–H and O–H groups in total. The van der Waals surface area contributed by atoms with Gasteiger partial charge in [0.15, 0.2) is 0 Å². The Labute approximate surface area is 141 Å². The summed E-state index contributed by atoms with van der Waals surface area (Å²) in [6.45, 7) is -0.138. The number of nitriles is 1. The fourth-order valence-electron chi connectivity index (χ4n) is 2.80. The first-order valence-electron chi connectivity index (χ1n) is 7.61. The van der Waals surface area contributed by atoms with Gasteiger partial charge in [0.1, 0.15) is 17.6 Å². The summed E-state index contributed by atoms with van der Waals surface area (Å²) in [5, 5.41) is 27.1. The van der Waals surface area contributed by atoms with Crippen molar-refractivity contribution in [2.45, 2.75) is 38.6 Å². The van der Waals surface area contributed by atoms with Gasteiger partial charge in [0, 0.05) is 4.88 Å². The van der Waals surface area contributed by atoms with Crippen LogP contribution in [0.5, 0.6) is 0 Å². The Hall–Kier alpha value is -2.73. The molecular weight excluding hydrogens is 330 g/mol. The molecule has 124 valence electrons. The molecule has 24 heavy (non-hydrogen) atoms. The van der Waals surface area contributed by atoms with Crippen LogP contribution in [0.3, 0.4) is 0 Å². The maximum absolute atomic E-state index is 12.2. The molecular formula is C15H15N5O3S. The molecule has 0 atom stereocenters. The highest BCUT2D eigenvalue weighted by Crippen LogP contribution is 2.36. The monoisotopic (exact) mass is 345 g/mol. The van der Waals surface area contributed by atoms with Crippen LogP contribution in [0, 0.1) is 21.4 Å². The maximum Gasteiger partial charge on any atom is 0.389 e. The van der Waals surface area contributed by atoms with Crippen LogP contribution in [0.25, 0.3) is 0 Å². The van der Waals surface area contributed by atoms with Crippen molar-refractivity contribution in [3.05, 3.63) is 38.4 Å². The topological polar surface area (TPSA) is 114 Å². The molecule has 2 aromatic heterocycles. The first-order valence-corrected chi connectivity index (χ1v) is 8.42. The standard InChI is InChI=1S/C15H15N5O3S/c16-8-11-10-4-2-1-3-5-12(10)24-15(11)17-14(21)9-19-7-6-13(18-19)20(22)23/h6-7H,1-5,9H2,(H,17,21). The summed E-state index contributed by atoms with van der Waals surface area (Å²) in [5.74, 6) is -0.663. The third-order valence-corrected chi connectivity index (χ3v) is 5.11. The summed E-state index contributed by atoms with van der Waals surface area (Å²) in [4.78, 5) is 23.3. The summed E-state index contributed by atoms with van der Waals surface area (Å²) in [7, 11) is 0. The molecule has 1 aliphatic rings. The van der Waals surface area contributed by atoms with Gasteiger partial charge in [0.25, 0.3) is 0 Å². The van der Waals surface area contributed by atoms with Crippen LogP contribution in [-0.4, -0.2) is 20.6 Å². The Morgan fingerprint density at radius 1 is 1.46 bits per heavy atom. The normalized spacial score (nSPS) is 13.6. The predicted molar refractivity (Wildman–Crippen MR) is 87.8 cm³/mol. The summed E-state index contributed by atoms with van der Waals surface area (Å²) >= 11 is 1.46. The third-order valence-electron chi connectivity index (χ3n) is 3.91. The van der Waals surface area contributed by atoms with E-state index in [1.165, 1.54) is 33.2 Å². The van der Waals surface area contributed by atoms with E-state index in [0.29, 0.717) is 10.6 Å². The number of thiophene rings is 1. The number of amides is 1. The van der Waals surface area contributed by atoms with Crippen molar-refractivity contribution < 1.29 is 9.72 Å². The molecule has 2 heterocycles. The van der Waals surface area contributed by atoms with E-state index in [2.05, 4.69) is 16.5 Å². The predicted octanol–water partition coefficient (Wildman–Crippen LogP) is 2.63. The fourth-order valence-corrected chi connectivity index (χ4v) is 4.05. The molecule has 3 rings (SSSR count). The largest absolute Gasteiger partial charge is 0.389 e. The number of hydrogen-bond donors (Lipinski definition) is 1. The van der Waals surface area contributed by atoms with E-state index in [4.69, 9.17) is 0 Å². The lowest BCUT2D eigenvalue weighted by Gasteiger charge is -2.02. The minimum Gasteiger partial charge on any atom is -0.358 e. The Balaban J connectivity index is 1.74. The van der Waals surface area contributed by atoms with Crippen LogP contribution in [0.1, 0.15) is 35.3 Å². The maximum atomic E-state index is 12.2. The number of aromatic nitrogens is 2. The van der Waals surface area contributed by atoms with Crippen molar-refractivity contribution >= 4 is 28.1 Å². The summed E-state index contributed by atoms with van der Waals surface area (Å²) in [6.07, 6.45) is 6.51. The van der Waals surface area contributed by atoms with E-state index in [-0.39, 0.29) is 18.3 Å². The molecule has 0 aliphatic heterocycles. The molecule has 0 saturated heterocycles. The van der Waals surface area contributed by atoms with Crippen LogP contribution >= 0.6 is 11.3 Å². The van der Waals surface area contributed by atoms with Gasteiger partial charge >= 0.3 is 5.82 Å². The van der Waals surface area contributed by atoms with Crippen LogP contribution in [0.15, 0.2) is 12.3 Å². The quantitative estimate of drug-likeness (QED) is 0.520. The summed E-state index contributed by atoms with van der Waals surface area (Å²) in [6, 6.07) is 3.44.